The number of rotatable bonds is 10. The van der Waals surface area contributed by atoms with Gasteiger partial charge in [0.05, 0.1) is 18.7 Å². The average Bonchev–Trinajstić information content (AvgIpc) is 3.02. The number of carboxylic acid groups (broad SMARTS) is 1. The van der Waals surface area contributed by atoms with Crippen molar-refractivity contribution in [2.24, 2.45) is 11.8 Å². The Hall–Kier alpha value is -2.81. The highest BCUT2D eigenvalue weighted by atomic mass is 16.6. The van der Waals surface area contributed by atoms with Crippen LogP contribution in [0.25, 0.3) is 0 Å². The highest BCUT2D eigenvalue weighted by Gasteiger charge is 2.52. The van der Waals surface area contributed by atoms with Crippen molar-refractivity contribution in [2.45, 2.75) is 111 Å². The maximum absolute atomic E-state index is 13.4. The number of hydrogen-bond donors (Lipinski definition) is 1. The van der Waals surface area contributed by atoms with Gasteiger partial charge in [0.1, 0.15) is 24.0 Å². The van der Waals surface area contributed by atoms with Crippen LogP contribution < -0.4 is 0 Å². The van der Waals surface area contributed by atoms with Crippen LogP contribution in [0.5, 0.6) is 0 Å². The number of hydrogen-bond acceptors (Lipinski definition) is 6. The third kappa shape index (κ3) is 8.89. The van der Waals surface area contributed by atoms with Gasteiger partial charge in [-0.3, -0.25) is 9.80 Å². The molecule has 1 unspecified atom stereocenters. The first-order valence-electron chi connectivity index (χ1n) is 13.4. The van der Waals surface area contributed by atoms with Crippen LogP contribution >= 0.6 is 0 Å². The van der Waals surface area contributed by atoms with Gasteiger partial charge in [0.2, 0.25) is 0 Å². The Kier molecular flexibility index (Phi) is 10.6. The fourth-order valence-corrected chi connectivity index (χ4v) is 4.77. The predicted molar refractivity (Wildman–Crippen MR) is 144 cm³/mol. The molecule has 0 bridgehead atoms. The maximum Gasteiger partial charge on any atom is 0.412 e. The van der Waals surface area contributed by atoms with Gasteiger partial charge in [0, 0.05) is 0 Å². The van der Waals surface area contributed by atoms with E-state index in [-0.39, 0.29) is 31.4 Å². The van der Waals surface area contributed by atoms with E-state index in [0.717, 1.165) is 5.56 Å². The molecule has 1 fully saturated rings. The zero-order chi connectivity index (χ0) is 28.8. The number of aliphatic carboxylic acids is 1. The molecule has 0 radical (unpaired) electrons. The number of nitrogens with zero attached hydrogens (tertiary/aromatic N) is 2. The molecule has 1 N–H and O–H groups in total. The van der Waals surface area contributed by atoms with Crippen LogP contribution in [0.15, 0.2) is 30.3 Å². The zero-order valence-electron chi connectivity index (χ0n) is 24.4. The van der Waals surface area contributed by atoms with Gasteiger partial charge in [-0.15, -0.1) is 0 Å². The number of carboxylic acids is 1. The SMILES string of the molecule is CC(C)C[C@@H](C(=O)O)N(CC1OC(C)(C)N(C(=O)OC(C)(C)C)[C@H]1CC(C)C)C(=O)OCc1ccccc1. The lowest BCUT2D eigenvalue weighted by Crippen LogP contribution is -2.53. The Bertz CT molecular complexity index is 940. The Morgan fingerprint density at radius 3 is 2.18 bits per heavy atom. The summed E-state index contributed by atoms with van der Waals surface area (Å²) in [6.07, 6.45) is -1.05. The predicted octanol–water partition coefficient (Wildman–Crippen LogP) is 5.91. The van der Waals surface area contributed by atoms with Crippen LogP contribution in [0.4, 0.5) is 9.59 Å². The Labute approximate surface area is 227 Å². The molecular formula is C29H46N2O7. The standard InChI is InChI=1S/C29H46N2O7/c1-19(2)15-22-24(37-29(8,9)31(22)27(35)38-28(5,6)7)17-30(23(25(32)33)16-20(3)4)26(34)36-18-21-13-11-10-12-14-21/h10-14,19-20,22-24H,15-18H2,1-9H3,(H,32,33)/t22-,23-,24?/m0/s1. The lowest BCUT2D eigenvalue weighted by molar-refractivity contribution is -0.144. The largest absolute Gasteiger partial charge is 0.480 e. The highest BCUT2D eigenvalue weighted by molar-refractivity contribution is 5.80. The molecular weight excluding hydrogens is 488 g/mol. The third-order valence-corrected chi connectivity index (χ3v) is 6.26. The van der Waals surface area contributed by atoms with Gasteiger partial charge in [-0.2, -0.15) is 0 Å². The summed E-state index contributed by atoms with van der Waals surface area (Å²) in [5.74, 6) is -0.891. The number of ether oxygens (including phenoxy) is 3. The summed E-state index contributed by atoms with van der Waals surface area (Å²) in [4.78, 5) is 41.9. The van der Waals surface area contributed by atoms with E-state index in [4.69, 9.17) is 14.2 Å². The van der Waals surface area contributed by atoms with Crippen LogP contribution in [0.3, 0.4) is 0 Å². The number of benzene rings is 1. The maximum atomic E-state index is 13.4. The monoisotopic (exact) mass is 534 g/mol. The molecule has 1 aliphatic rings. The number of carbonyl (C=O) groups excluding carboxylic acids is 2. The molecule has 1 aromatic rings. The van der Waals surface area contributed by atoms with Crippen molar-refractivity contribution in [1.29, 1.82) is 0 Å². The lowest BCUT2D eigenvalue weighted by Gasteiger charge is -2.36. The second kappa shape index (κ2) is 12.8. The minimum Gasteiger partial charge on any atom is -0.480 e. The summed E-state index contributed by atoms with van der Waals surface area (Å²) in [5, 5.41) is 10.1. The van der Waals surface area contributed by atoms with Gasteiger partial charge in [-0.25, -0.2) is 14.4 Å². The fraction of sp³-hybridized carbons (Fsp3) is 0.690. The number of amides is 2. The summed E-state index contributed by atoms with van der Waals surface area (Å²) >= 11 is 0. The van der Waals surface area contributed by atoms with Crippen LogP contribution in [0.2, 0.25) is 0 Å². The second-order valence-electron chi connectivity index (χ2n) is 12.3. The van der Waals surface area contributed by atoms with Crippen LogP contribution in [-0.4, -0.2) is 69.1 Å². The van der Waals surface area contributed by atoms with Crippen molar-refractivity contribution >= 4 is 18.2 Å². The Morgan fingerprint density at radius 2 is 1.68 bits per heavy atom. The molecule has 1 aromatic carbocycles. The molecule has 2 amide bonds. The number of carbonyl (C=O) groups is 3. The molecule has 9 heteroatoms. The first-order chi connectivity index (χ1) is 17.5. The van der Waals surface area contributed by atoms with Gasteiger partial charge >= 0.3 is 18.2 Å². The van der Waals surface area contributed by atoms with Gasteiger partial charge in [-0.05, 0) is 64.9 Å². The Morgan fingerprint density at radius 1 is 1.08 bits per heavy atom. The van der Waals surface area contributed by atoms with Crippen LogP contribution in [0, 0.1) is 11.8 Å². The zero-order valence-corrected chi connectivity index (χ0v) is 24.4. The van der Waals surface area contributed by atoms with Gasteiger partial charge < -0.3 is 19.3 Å². The summed E-state index contributed by atoms with van der Waals surface area (Å²) in [6.45, 7) is 16.8. The highest BCUT2D eigenvalue weighted by Crippen LogP contribution is 2.37. The van der Waals surface area contributed by atoms with E-state index in [1.54, 1.807) is 39.5 Å². The third-order valence-electron chi connectivity index (χ3n) is 6.26. The molecule has 0 aromatic heterocycles. The summed E-state index contributed by atoms with van der Waals surface area (Å²) < 4.78 is 17.7. The first kappa shape index (κ1) is 31.4. The minimum absolute atomic E-state index is 0.0145. The molecule has 2 rings (SSSR count). The van der Waals surface area contributed by atoms with Crippen LogP contribution in [0.1, 0.15) is 80.7 Å². The molecule has 214 valence electrons. The van der Waals surface area contributed by atoms with E-state index in [1.807, 2.05) is 58.0 Å². The van der Waals surface area contributed by atoms with E-state index < -0.39 is 47.7 Å². The molecule has 1 saturated heterocycles. The van der Waals surface area contributed by atoms with E-state index in [0.29, 0.717) is 6.42 Å². The molecule has 9 nitrogen and oxygen atoms in total. The van der Waals surface area contributed by atoms with E-state index >= 15 is 0 Å². The minimum atomic E-state index is -1.11. The molecule has 0 saturated carbocycles. The van der Waals surface area contributed by atoms with E-state index in [2.05, 4.69) is 0 Å². The smallest absolute Gasteiger partial charge is 0.412 e. The van der Waals surface area contributed by atoms with Crippen molar-refractivity contribution in [1.82, 2.24) is 9.80 Å². The van der Waals surface area contributed by atoms with Crippen molar-refractivity contribution < 1.29 is 33.7 Å². The first-order valence-corrected chi connectivity index (χ1v) is 13.4. The average molecular weight is 535 g/mol. The molecule has 0 aliphatic carbocycles. The molecule has 38 heavy (non-hydrogen) atoms. The van der Waals surface area contributed by atoms with E-state index in [9.17, 15) is 19.5 Å². The molecule has 0 spiro atoms. The van der Waals surface area contributed by atoms with Crippen molar-refractivity contribution in [2.75, 3.05) is 6.54 Å². The van der Waals surface area contributed by atoms with Gasteiger partial charge in [0.15, 0.2) is 0 Å². The van der Waals surface area contributed by atoms with Gasteiger partial charge in [-0.1, -0.05) is 58.0 Å². The lowest BCUT2D eigenvalue weighted by atomic mass is 9.96. The topological polar surface area (TPSA) is 106 Å². The normalized spacial score (nSPS) is 19.9. The second-order valence-corrected chi connectivity index (χ2v) is 12.3. The molecule has 1 aliphatic heterocycles. The van der Waals surface area contributed by atoms with E-state index in [1.165, 1.54) is 4.90 Å². The van der Waals surface area contributed by atoms with Crippen LogP contribution in [-0.2, 0) is 25.6 Å². The van der Waals surface area contributed by atoms with Crippen molar-refractivity contribution in [3.8, 4) is 0 Å². The summed E-state index contributed by atoms with van der Waals surface area (Å²) in [6, 6.07) is 7.68. The fourth-order valence-electron chi connectivity index (χ4n) is 4.77. The quantitative estimate of drug-likeness (QED) is 0.398. The Balaban J connectivity index is 2.41. The van der Waals surface area contributed by atoms with Gasteiger partial charge in [0.25, 0.3) is 0 Å². The summed E-state index contributed by atoms with van der Waals surface area (Å²) in [5.41, 5.74) is -0.932. The molecule has 3 atom stereocenters. The van der Waals surface area contributed by atoms with Crippen molar-refractivity contribution in [3.63, 3.8) is 0 Å². The van der Waals surface area contributed by atoms with Crippen molar-refractivity contribution in [3.05, 3.63) is 35.9 Å². The summed E-state index contributed by atoms with van der Waals surface area (Å²) in [7, 11) is 0. The molecule has 1 heterocycles.